The largest absolute Gasteiger partial charge is 0.360 e. The van der Waals surface area contributed by atoms with E-state index in [9.17, 15) is 13.2 Å². The second kappa shape index (κ2) is 6.48. The van der Waals surface area contributed by atoms with Gasteiger partial charge >= 0.3 is 0 Å². The first kappa shape index (κ1) is 17.4. The van der Waals surface area contributed by atoms with Crippen molar-refractivity contribution in [1.82, 2.24) is 14.4 Å². The van der Waals surface area contributed by atoms with E-state index in [1.54, 1.807) is 13.8 Å². The van der Waals surface area contributed by atoms with Gasteiger partial charge in [-0.2, -0.15) is 4.31 Å². The van der Waals surface area contributed by atoms with Crippen molar-refractivity contribution in [3.8, 4) is 0 Å². The van der Waals surface area contributed by atoms with Gasteiger partial charge in [0.15, 0.2) is 5.76 Å². The average molecular weight is 355 g/mol. The molecule has 0 aromatic carbocycles. The van der Waals surface area contributed by atoms with Crippen LogP contribution in [0.1, 0.15) is 37.6 Å². The summed E-state index contributed by atoms with van der Waals surface area (Å²) in [6, 6.07) is 0. The molecule has 0 saturated carbocycles. The lowest BCUT2D eigenvalue weighted by molar-refractivity contribution is -0.135. The Hall–Kier alpha value is -1.41. The van der Waals surface area contributed by atoms with Crippen LogP contribution in [0.3, 0.4) is 0 Å². The van der Waals surface area contributed by atoms with E-state index in [-0.39, 0.29) is 23.3 Å². The number of hydrogen-bond acceptors (Lipinski definition) is 5. The molecule has 0 unspecified atom stereocenters. The maximum Gasteiger partial charge on any atom is 0.248 e. The molecule has 7 nitrogen and oxygen atoms in total. The maximum absolute atomic E-state index is 12.9. The second-order valence-electron chi connectivity index (χ2n) is 7.03. The van der Waals surface area contributed by atoms with Crippen LogP contribution in [0.25, 0.3) is 0 Å². The van der Waals surface area contributed by atoms with Gasteiger partial charge < -0.3 is 9.42 Å². The minimum absolute atomic E-state index is 0.0954. The second-order valence-corrected chi connectivity index (χ2v) is 8.91. The predicted molar refractivity (Wildman–Crippen MR) is 87.8 cm³/mol. The fraction of sp³-hybridized carbons (Fsp3) is 0.750. The molecule has 1 amide bonds. The number of aryl methyl sites for hydroxylation is 2. The van der Waals surface area contributed by atoms with E-state index in [2.05, 4.69) is 12.1 Å². The quantitative estimate of drug-likeness (QED) is 0.821. The van der Waals surface area contributed by atoms with E-state index in [1.165, 1.54) is 4.31 Å². The number of carbonyl (C=O) groups is 1. The van der Waals surface area contributed by atoms with E-state index in [0.717, 1.165) is 25.9 Å². The number of rotatable bonds is 3. The molecule has 2 fully saturated rings. The minimum Gasteiger partial charge on any atom is -0.360 e. The smallest absolute Gasteiger partial charge is 0.248 e. The van der Waals surface area contributed by atoms with Gasteiger partial charge in [0.05, 0.1) is 5.92 Å². The molecular weight excluding hydrogens is 330 g/mol. The molecule has 2 atom stereocenters. The summed E-state index contributed by atoms with van der Waals surface area (Å²) in [6.07, 6.45) is 2.47. The number of sulfonamides is 1. The Labute approximate surface area is 143 Å². The van der Waals surface area contributed by atoms with Crippen LogP contribution < -0.4 is 0 Å². The fourth-order valence-corrected chi connectivity index (χ4v) is 5.54. The monoisotopic (exact) mass is 355 g/mol. The summed E-state index contributed by atoms with van der Waals surface area (Å²) >= 11 is 0. The van der Waals surface area contributed by atoms with Crippen LogP contribution in [0.15, 0.2) is 9.42 Å². The van der Waals surface area contributed by atoms with Crippen LogP contribution in [0.5, 0.6) is 0 Å². The lowest BCUT2D eigenvalue weighted by atomic mass is 9.98. The molecule has 1 aromatic rings. The molecule has 3 rings (SSSR count). The number of amides is 1. The first-order valence-electron chi connectivity index (χ1n) is 8.52. The number of aromatic nitrogens is 1. The lowest BCUT2D eigenvalue weighted by Crippen LogP contribution is -2.46. The Kier molecular flexibility index (Phi) is 4.70. The van der Waals surface area contributed by atoms with Crippen LogP contribution in [0.2, 0.25) is 0 Å². The van der Waals surface area contributed by atoms with Gasteiger partial charge in [0.25, 0.3) is 0 Å². The summed E-state index contributed by atoms with van der Waals surface area (Å²) in [5.74, 6) is 0.673. The third-order valence-electron chi connectivity index (χ3n) is 5.03. The molecule has 2 aliphatic heterocycles. The average Bonchev–Trinajstić information content (AvgIpc) is 3.12. The SMILES string of the molecule is Cc1noc(C)c1S(=O)(=O)N1CCC[C@H](C(=O)N2CC[C@@H](C)C2)C1. The third kappa shape index (κ3) is 3.09. The van der Waals surface area contributed by atoms with Gasteiger partial charge in [-0.1, -0.05) is 12.1 Å². The standard InChI is InChI=1S/C16H25N3O4S/c1-11-6-8-18(9-11)16(20)14-5-4-7-19(10-14)24(21,22)15-12(2)17-23-13(15)3/h11,14H,4-10H2,1-3H3/t11-,14+/m1/s1. The molecule has 2 aliphatic rings. The van der Waals surface area contributed by atoms with Gasteiger partial charge in [-0.25, -0.2) is 8.42 Å². The van der Waals surface area contributed by atoms with Crippen LogP contribution >= 0.6 is 0 Å². The van der Waals surface area contributed by atoms with Crippen molar-refractivity contribution in [3.63, 3.8) is 0 Å². The molecule has 0 aliphatic carbocycles. The molecule has 3 heterocycles. The molecule has 0 N–H and O–H groups in total. The lowest BCUT2D eigenvalue weighted by Gasteiger charge is -2.33. The molecule has 24 heavy (non-hydrogen) atoms. The topological polar surface area (TPSA) is 83.7 Å². The number of piperidine rings is 1. The van der Waals surface area contributed by atoms with Crippen molar-refractivity contribution in [2.24, 2.45) is 11.8 Å². The van der Waals surface area contributed by atoms with Gasteiger partial charge in [-0.3, -0.25) is 4.79 Å². The van der Waals surface area contributed by atoms with E-state index in [4.69, 9.17) is 4.52 Å². The minimum atomic E-state index is -3.67. The van der Waals surface area contributed by atoms with Gasteiger partial charge in [0, 0.05) is 26.2 Å². The molecule has 2 saturated heterocycles. The van der Waals surface area contributed by atoms with Crippen molar-refractivity contribution >= 4 is 15.9 Å². The third-order valence-corrected chi connectivity index (χ3v) is 7.14. The van der Waals surface area contributed by atoms with Crippen molar-refractivity contribution in [2.75, 3.05) is 26.2 Å². The normalized spacial score (nSPS) is 26.0. The highest BCUT2D eigenvalue weighted by Crippen LogP contribution is 2.29. The zero-order valence-electron chi connectivity index (χ0n) is 14.5. The van der Waals surface area contributed by atoms with Crippen molar-refractivity contribution in [3.05, 3.63) is 11.5 Å². The van der Waals surface area contributed by atoms with Crippen molar-refractivity contribution in [2.45, 2.75) is 44.9 Å². The molecule has 1 aromatic heterocycles. The Morgan fingerprint density at radius 1 is 1.21 bits per heavy atom. The highest BCUT2D eigenvalue weighted by Gasteiger charge is 2.38. The summed E-state index contributed by atoms with van der Waals surface area (Å²) in [5, 5.41) is 3.75. The number of likely N-dealkylation sites (tertiary alicyclic amines) is 1. The van der Waals surface area contributed by atoms with Crippen molar-refractivity contribution in [1.29, 1.82) is 0 Å². The van der Waals surface area contributed by atoms with Gasteiger partial charge in [0.2, 0.25) is 15.9 Å². The summed E-state index contributed by atoms with van der Waals surface area (Å²) in [4.78, 5) is 14.7. The van der Waals surface area contributed by atoms with Crippen LogP contribution in [-0.4, -0.2) is 54.9 Å². The van der Waals surface area contributed by atoms with Gasteiger partial charge in [-0.15, -0.1) is 0 Å². The molecular formula is C16H25N3O4S. The fourth-order valence-electron chi connectivity index (χ4n) is 3.73. The van der Waals surface area contributed by atoms with E-state index in [1.807, 2.05) is 4.90 Å². The summed E-state index contributed by atoms with van der Waals surface area (Å²) in [7, 11) is -3.67. The van der Waals surface area contributed by atoms with Gasteiger partial charge in [0.1, 0.15) is 10.6 Å². The summed E-state index contributed by atoms with van der Waals surface area (Å²) < 4.78 is 32.3. The van der Waals surface area contributed by atoms with Crippen LogP contribution in [0, 0.1) is 25.7 Å². The predicted octanol–water partition coefficient (Wildman–Crippen LogP) is 1.56. The first-order valence-corrected chi connectivity index (χ1v) is 9.96. The highest BCUT2D eigenvalue weighted by atomic mass is 32.2. The van der Waals surface area contributed by atoms with E-state index < -0.39 is 10.0 Å². The van der Waals surface area contributed by atoms with Gasteiger partial charge in [-0.05, 0) is 39.0 Å². The van der Waals surface area contributed by atoms with Crippen LogP contribution in [0.4, 0.5) is 0 Å². The Balaban J connectivity index is 1.77. The van der Waals surface area contributed by atoms with E-state index >= 15 is 0 Å². The highest BCUT2D eigenvalue weighted by molar-refractivity contribution is 7.89. The molecule has 0 radical (unpaired) electrons. The molecule has 8 heteroatoms. The van der Waals surface area contributed by atoms with Crippen LogP contribution in [-0.2, 0) is 14.8 Å². The number of hydrogen-bond donors (Lipinski definition) is 0. The first-order chi connectivity index (χ1) is 11.3. The van der Waals surface area contributed by atoms with Crippen molar-refractivity contribution < 1.29 is 17.7 Å². The molecule has 0 bridgehead atoms. The number of nitrogens with zero attached hydrogens (tertiary/aromatic N) is 3. The molecule has 134 valence electrons. The zero-order valence-corrected chi connectivity index (χ0v) is 15.3. The Morgan fingerprint density at radius 3 is 2.54 bits per heavy atom. The Morgan fingerprint density at radius 2 is 1.96 bits per heavy atom. The maximum atomic E-state index is 12.9. The van der Waals surface area contributed by atoms with E-state index in [0.29, 0.717) is 30.3 Å². The zero-order chi connectivity index (χ0) is 17.5. The summed E-state index contributed by atoms with van der Waals surface area (Å²) in [5.41, 5.74) is 0.370. The Bertz CT molecular complexity index is 708. The summed E-state index contributed by atoms with van der Waals surface area (Å²) in [6.45, 7) is 7.62. The number of carbonyl (C=O) groups excluding carboxylic acids is 1. The molecule has 0 spiro atoms.